The molecule has 1 heterocycles. The number of sulfonamides is 1. The summed E-state index contributed by atoms with van der Waals surface area (Å²) in [6, 6.07) is 11.2. The van der Waals surface area contributed by atoms with Crippen LogP contribution in [0.1, 0.15) is 5.56 Å². The minimum atomic E-state index is -3.80. The van der Waals surface area contributed by atoms with Crippen LogP contribution in [0, 0.1) is 0 Å². The number of thiazole rings is 1. The molecule has 3 rings (SSSR count). The fourth-order valence-corrected chi connectivity index (χ4v) is 4.30. The molecule has 0 saturated carbocycles. The Morgan fingerprint density at radius 3 is 2.62 bits per heavy atom. The van der Waals surface area contributed by atoms with Crippen molar-refractivity contribution in [3.63, 3.8) is 0 Å². The van der Waals surface area contributed by atoms with Crippen LogP contribution in [0.5, 0.6) is 5.75 Å². The molecule has 1 aromatic heterocycles. The zero-order chi connectivity index (χ0) is 18.7. The molecule has 0 atom stereocenters. The maximum atomic E-state index is 12.5. The summed E-state index contributed by atoms with van der Waals surface area (Å²) in [5.74, 6) is -0.406. The van der Waals surface area contributed by atoms with Gasteiger partial charge in [0, 0.05) is 6.08 Å². The smallest absolute Gasteiger partial charge is 0.328 e. The molecule has 0 fully saturated rings. The van der Waals surface area contributed by atoms with Crippen molar-refractivity contribution in [2.45, 2.75) is 4.90 Å². The third kappa shape index (κ3) is 4.01. The Hall–Kier alpha value is -2.91. The van der Waals surface area contributed by atoms with Crippen LogP contribution in [0.3, 0.4) is 0 Å². The Kier molecular flexibility index (Phi) is 4.92. The molecule has 134 valence electrons. The predicted octanol–water partition coefficient (Wildman–Crippen LogP) is 3.20. The zero-order valence-electron chi connectivity index (χ0n) is 13.5. The van der Waals surface area contributed by atoms with E-state index < -0.39 is 16.0 Å². The van der Waals surface area contributed by atoms with Crippen molar-refractivity contribution in [1.82, 2.24) is 4.98 Å². The predicted molar refractivity (Wildman–Crippen MR) is 100 cm³/mol. The number of benzene rings is 2. The summed E-state index contributed by atoms with van der Waals surface area (Å²) in [7, 11) is -2.24. The van der Waals surface area contributed by atoms with Crippen molar-refractivity contribution in [2.75, 3.05) is 11.8 Å². The van der Waals surface area contributed by atoms with Crippen LogP contribution in [0.2, 0.25) is 0 Å². The Morgan fingerprint density at radius 1 is 1.23 bits per heavy atom. The molecular weight excluding hydrogens is 376 g/mol. The van der Waals surface area contributed by atoms with E-state index in [9.17, 15) is 13.2 Å². The monoisotopic (exact) mass is 390 g/mol. The van der Waals surface area contributed by atoms with Crippen molar-refractivity contribution in [2.24, 2.45) is 0 Å². The lowest BCUT2D eigenvalue weighted by Gasteiger charge is -2.05. The van der Waals surface area contributed by atoms with E-state index in [-0.39, 0.29) is 10.0 Å². The number of carboxylic acid groups (broad SMARTS) is 1. The number of hydrogen-bond donors (Lipinski definition) is 2. The molecule has 7 nitrogen and oxygen atoms in total. The van der Waals surface area contributed by atoms with Crippen LogP contribution in [-0.2, 0) is 14.8 Å². The fourth-order valence-electron chi connectivity index (χ4n) is 2.18. The average Bonchev–Trinajstić information content (AvgIpc) is 3.00. The first-order valence-electron chi connectivity index (χ1n) is 7.36. The molecule has 0 aliphatic carbocycles. The quantitative estimate of drug-likeness (QED) is 0.626. The van der Waals surface area contributed by atoms with Crippen molar-refractivity contribution in [3.05, 3.63) is 54.1 Å². The van der Waals surface area contributed by atoms with Crippen molar-refractivity contribution in [1.29, 1.82) is 0 Å². The third-order valence-corrected chi connectivity index (χ3v) is 5.84. The minimum Gasteiger partial charge on any atom is -0.497 e. The lowest BCUT2D eigenvalue weighted by atomic mass is 10.2. The Balaban J connectivity index is 1.83. The Bertz CT molecular complexity index is 1090. The molecule has 3 aromatic rings. The van der Waals surface area contributed by atoms with Gasteiger partial charge in [0.05, 0.1) is 22.2 Å². The van der Waals surface area contributed by atoms with Crippen molar-refractivity contribution < 1.29 is 23.1 Å². The lowest BCUT2D eigenvalue weighted by Crippen LogP contribution is -2.12. The number of nitrogens with one attached hydrogen (secondary N) is 1. The maximum Gasteiger partial charge on any atom is 0.328 e. The largest absolute Gasteiger partial charge is 0.497 e. The molecular formula is C17H14N2O5S2. The number of aliphatic carboxylic acids is 1. The first-order valence-corrected chi connectivity index (χ1v) is 9.66. The van der Waals surface area contributed by atoms with E-state index in [1.165, 1.54) is 41.7 Å². The van der Waals surface area contributed by atoms with E-state index in [2.05, 4.69) is 9.71 Å². The maximum absolute atomic E-state index is 12.5. The Labute approximate surface area is 153 Å². The number of hydrogen-bond acceptors (Lipinski definition) is 6. The third-order valence-electron chi connectivity index (χ3n) is 3.43. The van der Waals surface area contributed by atoms with Gasteiger partial charge in [-0.25, -0.2) is 18.2 Å². The molecule has 0 aliphatic heterocycles. The molecule has 0 saturated heterocycles. The highest BCUT2D eigenvalue weighted by Crippen LogP contribution is 2.30. The van der Waals surface area contributed by atoms with E-state index in [0.29, 0.717) is 16.8 Å². The second kappa shape index (κ2) is 7.14. The van der Waals surface area contributed by atoms with E-state index >= 15 is 0 Å². The summed E-state index contributed by atoms with van der Waals surface area (Å²) in [5.41, 5.74) is 1.25. The summed E-state index contributed by atoms with van der Waals surface area (Å²) >= 11 is 1.21. The molecule has 0 spiro atoms. The standard InChI is InChI=1S/C17H14N2O5S2/c1-24-12-5-8-14-15(10-12)25-17(18-14)19-26(22,23)13-6-2-11(3-7-13)4-9-16(20)21/h2-10H,1H3,(H,18,19)(H,20,21)/b9-4+. The first kappa shape index (κ1) is 17.9. The van der Waals surface area contributed by atoms with Crippen LogP contribution in [0.25, 0.3) is 16.3 Å². The van der Waals surface area contributed by atoms with Crippen LogP contribution in [0.15, 0.2) is 53.4 Å². The number of ether oxygens (including phenoxy) is 1. The van der Waals surface area contributed by atoms with Gasteiger partial charge in [0.15, 0.2) is 5.13 Å². The molecule has 9 heteroatoms. The molecule has 0 amide bonds. The van der Waals surface area contributed by atoms with Crippen molar-refractivity contribution >= 4 is 48.8 Å². The van der Waals surface area contributed by atoms with Gasteiger partial charge in [-0.05, 0) is 42.0 Å². The van der Waals surface area contributed by atoms with Gasteiger partial charge in [0.1, 0.15) is 5.75 Å². The van der Waals surface area contributed by atoms with Crippen molar-refractivity contribution in [3.8, 4) is 5.75 Å². The number of methoxy groups -OCH3 is 1. The molecule has 2 N–H and O–H groups in total. The minimum absolute atomic E-state index is 0.0572. The van der Waals surface area contributed by atoms with Gasteiger partial charge in [0.2, 0.25) is 0 Å². The summed E-state index contributed by atoms with van der Waals surface area (Å²) in [6.45, 7) is 0. The molecule has 0 unspecified atom stereocenters. The number of aromatic nitrogens is 1. The normalized spacial score (nSPS) is 11.7. The Morgan fingerprint density at radius 2 is 1.96 bits per heavy atom. The number of anilines is 1. The summed E-state index contributed by atoms with van der Waals surface area (Å²) in [4.78, 5) is 14.8. The second-order valence-electron chi connectivity index (χ2n) is 5.20. The second-order valence-corrected chi connectivity index (χ2v) is 7.91. The lowest BCUT2D eigenvalue weighted by molar-refractivity contribution is -0.131. The van der Waals surface area contributed by atoms with Gasteiger partial charge in [-0.1, -0.05) is 23.5 Å². The van der Waals surface area contributed by atoms with Crippen LogP contribution >= 0.6 is 11.3 Å². The highest BCUT2D eigenvalue weighted by Gasteiger charge is 2.16. The number of carboxylic acids is 1. The highest BCUT2D eigenvalue weighted by atomic mass is 32.2. The van der Waals surface area contributed by atoms with Gasteiger partial charge < -0.3 is 9.84 Å². The number of fused-ring (bicyclic) bond motifs is 1. The molecule has 26 heavy (non-hydrogen) atoms. The SMILES string of the molecule is COc1ccc2nc(NS(=O)(=O)c3ccc(/C=C/C(=O)O)cc3)sc2c1. The summed E-state index contributed by atoms with van der Waals surface area (Å²) < 4.78 is 33.4. The van der Waals surface area contributed by atoms with Gasteiger partial charge >= 0.3 is 5.97 Å². The van der Waals surface area contributed by atoms with E-state index in [1.54, 1.807) is 25.3 Å². The first-order chi connectivity index (χ1) is 12.4. The van der Waals surface area contributed by atoms with Gasteiger partial charge in [-0.3, -0.25) is 4.72 Å². The van der Waals surface area contributed by atoms with Gasteiger partial charge in [-0.15, -0.1) is 0 Å². The molecule has 0 bridgehead atoms. The number of carbonyl (C=O) groups is 1. The molecule has 2 aromatic carbocycles. The molecule has 0 aliphatic rings. The number of nitrogens with zero attached hydrogens (tertiary/aromatic N) is 1. The summed E-state index contributed by atoms with van der Waals surface area (Å²) in [6.07, 6.45) is 2.37. The zero-order valence-corrected chi connectivity index (χ0v) is 15.2. The van der Waals surface area contributed by atoms with E-state index in [1.807, 2.05) is 0 Å². The van der Waals surface area contributed by atoms with Gasteiger partial charge in [-0.2, -0.15) is 0 Å². The van der Waals surface area contributed by atoms with Gasteiger partial charge in [0.25, 0.3) is 10.0 Å². The van der Waals surface area contributed by atoms with Crippen LogP contribution in [-0.4, -0.2) is 31.6 Å². The fraction of sp³-hybridized carbons (Fsp3) is 0.0588. The van der Waals surface area contributed by atoms with E-state index in [4.69, 9.17) is 9.84 Å². The van der Waals surface area contributed by atoms with E-state index in [0.717, 1.165) is 10.8 Å². The van der Waals surface area contributed by atoms with Crippen LogP contribution < -0.4 is 9.46 Å². The molecule has 0 radical (unpaired) electrons. The highest BCUT2D eigenvalue weighted by molar-refractivity contribution is 7.93. The number of rotatable bonds is 6. The van der Waals surface area contributed by atoms with Crippen LogP contribution in [0.4, 0.5) is 5.13 Å². The topological polar surface area (TPSA) is 106 Å². The average molecular weight is 390 g/mol. The summed E-state index contributed by atoms with van der Waals surface area (Å²) in [5, 5.41) is 8.86.